The summed E-state index contributed by atoms with van der Waals surface area (Å²) >= 11 is 2.67. The van der Waals surface area contributed by atoms with Crippen molar-refractivity contribution >= 4 is 38.8 Å². The molecule has 1 amide bonds. The summed E-state index contributed by atoms with van der Waals surface area (Å²) < 4.78 is 1.59. The SMILES string of the molecule is Cc1nc(C(=O)NCCn2c(=O)[nH]c3ccsc3c2=O)cs1. The monoisotopic (exact) mass is 336 g/mol. The number of nitrogens with zero attached hydrogens (tertiary/aromatic N) is 2. The Kier molecular flexibility index (Phi) is 3.90. The molecule has 9 heteroatoms. The number of thiophene rings is 1. The molecule has 0 aliphatic carbocycles. The molecule has 0 bridgehead atoms. The third-order valence-corrected chi connectivity index (χ3v) is 4.74. The smallest absolute Gasteiger partial charge is 0.328 e. The van der Waals surface area contributed by atoms with Crippen molar-refractivity contribution in [2.24, 2.45) is 0 Å². The minimum atomic E-state index is -0.477. The number of fused-ring (bicyclic) bond motifs is 1. The van der Waals surface area contributed by atoms with Crippen LogP contribution < -0.4 is 16.6 Å². The normalized spacial score (nSPS) is 11.0. The topological polar surface area (TPSA) is 96.8 Å². The van der Waals surface area contributed by atoms with E-state index in [-0.39, 0.29) is 24.6 Å². The fourth-order valence-electron chi connectivity index (χ4n) is 2.01. The number of thiazole rings is 1. The molecule has 0 aromatic carbocycles. The number of aromatic nitrogens is 3. The van der Waals surface area contributed by atoms with E-state index in [2.05, 4.69) is 15.3 Å². The summed E-state index contributed by atoms with van der Waals surface area (Å²) in [4.78, 5) is 42.7. The standard InChI is InChI=1S/C13H12N4O3S2/c1-7-15-9(6-22-7)11(18)14-3-4-17-12(19)10-8(2-5-21-10)16-13(17)20/h2,5-6H,3-4H2,1H3,(H,14,18)(H,16,20). The van der Waals surface area contributed by atoms with Gasteiger partial charge in [0.15, 0.2) is 0 Å². The first kappa shape index (κ1) is 14.7. The Bertz CT molecular complexity index is 950. The average molecular weight is 336 g/mol. The van der Waals surface area contributed by atoms with Gasteiger partial charge in [0, 0.05) is 18.5 Å². The minimum Gasteiger partial charge on any atom is -0.349 e. The molecule has 0 saturated carbocycles. The Morgan fingerprint density at radius 1 is 1.41 bits per heavy atom. The van der Waals surface area contributed by atoms with Gasteiger partial charge in [-0.25, -0.2) is 9.78 Å². The van der Waals surface area contributed by atoms with Gasteiger partial charge in [0.25, 0.3) is 11.5 Å². The second kappa shape index (κ2) is 5.85. The molecular weight excluding hydrogens is 324 g/mol. The maximum absolute atomic E-state index is 12.2. The van der Waals surface area contributed by atoms with Gasteiger partial charge >= 0.3 is 5.69 Å². The van der Waals surface area contributed by atoms with Gasteiger partial charge in [0.2, 0.25) is 0 Å². The highest BCUT2D eigenvalue weighted by molar-refractivity contribution is 7.17. The third kappa shape index (κ3) is 2.72. The lowest BCUT2D eigenvalue weighted by Gasteiger charge is -2.05. The van der Waals surface area contributed by atoms with Crippen LogP contribution in [-0.2, 0) is 6.54 Å². The van der Waals surface area contributed by atoms with Gasteiger partial charge in [0.1, 0.15) is 10.4 Å². The van der Waals surface area contributed by atoms with Crippen LogP contribution in [0.4, 0.5) is 0 Å². The predicted octanol–water partition coefficient (Wildman–Crippen LogP) is 0.946. The highest BCUT2D eigenvalue weighted by Gasteiger charge is 2.11. The Labute approximate surface area is 132 Å². The quantitative estimate of drug-likeness (QED) is 0.741. The van der Waals surface area contributed by atoms with E-state index >= 15 is 0 Å². The van der Waals surface area contributed by atoms with Crippen molar-refractivity contribution in [1.29, 1.82) is 0 Å². The van der Waals surface area contributed by atoms with Crippen LogP contribution in [0.5, 0.6) is 0 Å². The summed E-state index contributed by atoms with van der Waals surface area (Å²) in [5.41, 5.74) is 0.0675. The zero-order valence-corrected chi connectivity index (χ0v) is 13.2. The molecule has 0 aliphatic heterocycles. The maximum atomic E-state index is 12.2. The van der Waals surface area contributed by atoms with Crippen LogP contribution in [0.2, 0.25) is 0 Å². The van der Waals surface area contributed by atoms with Gasteiger partial charge in [-0.05, 0) is 18.4 Å². The van der Waals surface area contributed by atoms with E-state index in [1.165, 1.54) is 22.7 Å². The molecule has 0 spiro atoms. The van der Waals surface area contributed by atoms with Crippen LogP contribution >= 0.6 is 22.7 Å². The summed E-state index contributed by atoms with van der Waals surface area (Å²) in [7, 11) is 0. The van der Waals surface area contributed by atoms with E-state index in [9.17, 15) is 14.4 Å². The number of carbonyl (C=O) groups is 1. The number of aromatic amines is 1. The third-order valence-electron chi connectivity index (χ3n) is 3.06. The number of rotatable bonds is 4. The van der Waals surface area contributed by atoms with Crippen LogP contribution in [0, 0.1) is 6.92 Å². The fraction of sp³-hybridized carbons (Fsp3) is 0.231. The second-order valence-electron chi connectivity index (χ2n) is 4.56. The summed E-state index contributed by atoms with van der Waals surface area (Å²) in [6.45, 7) is 2.10. The van der Waals surface area contributed by atoms with E-state index in [0.29, 0.717) is 15.9 Å². The van der Waals surface area contributed by atoms with Crippen molar-refractivity contribution in [1.82, 2.24) is 19.9 Å². The predicted molar refractivity (Wildman–Crippen MR) is 85.9 cm³/mol. The van der Waals surface area contributed by atoms with Gasteiger partial charge in [0.05, 0.1) is 10.5 Å². The van der Waals surface area contributed by atoms with E-state index in [1.54, 1.807) is 16.8 Å². The molecule has 22 heavy (non-hydrogen) atoms. The highest BCUT2D eigenvalue weighted by atomic mass is 32.1. The van der Waals surface area contributed by atoms with Crippen LogP contribution in [0.1, 0.15) is 15.5 Å². The van der Waals surface area contributed by atoms with Crippen LogP contribution in [0.15, 0.2) is 26.4 Å². The molecule has 0 unspecified atom stereocenters. The lowest BCUT2D eigenvalue weighted by molar-refractivity contribution is 0.0947. The van der Waals surface area contributed by atoms with Crippen molar-refractivity contribution in [3.8, 4) is 0 Å². The molecule has 0 aliphatic rings. The first-order valence-corrected chi connectivity index (χ1v) is 8.23. The largest absolute Gasteiger partial charge is 0.349 e. The van der Waals surface area contributed by atoms with Crippen LogP contribution in [0.3, 0.4) is 0 Å². The molecule has 3 heterocycles. The van der Waals surface area contributed by atoms with Gasteiger partial charge in [-0.2, -0.15) is 0 Å². The highest BCUT2D eigenvalue weighted by Crippen LogP contribution is 2.11. The number of aryl methyl sites for hydroxylation is 1. The molecule has 7 nitrogen and oxygen atoms in total. The second-order valence-corrected chi connectivity index (χ2v) is 6.54. The Morgan fingerprint density at radius 2 is 2.23 bits per heavy atom. The molecule has 3 aromatic heterocycles. The molecule has 114 valence electrons. The van der Waals surface area contributed by atoms with Gasteiger partial charge in [-0.15, -0.1) is 22.7 Å². The van der Waals surface area contributed by atoms with Crippen molar-refractivity contribution in [2.75, 3.05) is 6.54 Å². The van der Waals surface area contributed by atoms with Crippen molar-refractivity contribution in [3.63, 3.8) is 0 Å². The molecule has 3 rings (SSSR count). The van der Waals surface area contributed by atoms with Gasteiger partial charge in [-0.1, -0.05) is 0 Å². The number of amides is 1. The fourth-order valence-corrected chi connectivity index (χ4v) is 3.40. The molecule has 0 fully saturated rings. The van der Waals surface area contributed by atoms with Gasteiger partial charge in [-0.3, -0.25) is 14.2 Å². The maximum Gasteiger partial charge on any atom is 0.328 e. The Hall–Kier alpha value is -2.26. The van der Waals surface area contributed by atoms with E-state index in [1.807, 2.05) is 6.92 Å². The zero-order chi connectivity index (χ0) is 15.7. The van der Waals surface area contributed by atoms with Crippen molar-refractivity contribution in [3.05, 3.63) is 48.4 Å². The van der Waals surface area contributed by atoms with Crippen LogP contribution in [-0.4, -0.2) is 27.0 Å². The number of nitrogens with one attached hydrogen (secondary N) is 2. The lowest BCUT2D eigenvalue weighted by Crippen LogP contribution is -2.38. The molecule has 0 atom stereocenters. The van der Waals surface area contributed by atoms with Crippen molar-refractivity contribution in [2.45, 2.75) is 13.5 Å². The summed E-state index contributed by atoms with van der Waals surface area (Å²) in [6.07, 6.45) is 0. The molecule has 3 aromatic rings. The molecule has 2 N–H and O–H groups in total. The molecule has 0 radical (unpaired) electrons. The first-order valence-electron chi connectivity index (χ1n) is 6.47. The van der Waals surface area contributed by atoms with E-state index in [4.69, 9.17) is 0 Å². The Morgan fingerprint density at radius 3 is 2.95 bits per heavy atom. The summed E-state index contributed by atoms with van der Waals surface area (Å²) in [6, 6.07) is 1.69. The Balaban J connectivity index is 1.73. The average Bonchev–Trinajstić information content (AvgIpc) is 3.11. The van der Waals surface area contributed by atoms with E-state index < -0.39 is 5.69 Å². The summed E-state index contributed by atoms with van der Waals surface area (Å²) in [5.74, 6) is -0.314. The van der Waals surface area contributed by atoms with Gasteiger partial charge < -0.3 is 10.3 Å². The van der Waals surface area contributed by atoms with Crippen LogP contribution in [0.25, 0.3) is 10.2 Å². The van der Waals surface area contributed by atoms with Crippen molar-refractivity contribution < 1.29 is 4.79 Å². The molecular formula is C13H12N4O3S2. The summed E-state index contributed by atoms with van der Waals surface area (Å²) in [5, 5.41) is 6.88. The number of H-pyrrole nitrogens is 1. The minimum absolute atomic E-state index is 0.108. The molecule has 0 saturated heterocycles. The van der Waals surface area contributed by atoms with E-state index in [0.717, 1.165) is 9.57 Å². The first-order chi connectivity index (χ1) is 10.6. The lowest BCUT2D eigenvalue weighted by atomic mass is 10.4. The number of hydrogen-bond donors (Lipinski definition) is 2. The zero-order valence-electron chi connectivity index (χ0n) is 11.6. The number of carbonyl (C=O) groups excluding carboxylic acids is 1. The number of hydrogen-bond acceptors (Lipinski definition) is 6.